The van der Waals surface area contributed by atoms with E-state index >= 15 is 0 Å². The molecule has 0 saturated carbocycles. The molecule has 0 aliphatic heterocycles. The molecule has 0 saturated heterocycles. The molecular formula is C12H14ClFN2S. The fourth-order valence-electron chi connectivity index (χ4n) is 1.79. The lowest BCUT2D eigenvalue weighted by Gasteiger charge is -2.12. The van der Waals surface area contributed by atoms with E-state index in [2.05, 4.69) is 22.7 Å². The topological polar surface area (TPSA) is 17.8 Å². The van der Waals surface area contributed by atoms with Crippen molar-refractivity contribution >= 4 is 34.4 Å². The van der Waals surface area contributed by atoms with E-state index in [1.165, 1.54) is 12.1 Å². The van der Waals surface area contributed by atoms with Gasteiger partial charge in [-0.1, -0.05) is 6.92 Å². The molecule has 0 aliphatic rings. The van der Waals surface area contributed by atoms with Gasteiger partial charge in [0.1, 0.15) is 11.6 Å². The molecule has 0 N–H and O–H groups in total. The van der Waals surface area contributed by atoms with Gasteiger partial charge in [0.2, 0.25) is 0 Å². The van der Waals surface area contributed by atoms with Crippen molar-refractivity contribution in [1.29, 1.82) is 0 Å². The molecule has 2 nitrogen and oxygen atoms in total. The summed E-state index contributed by atoms with van der Waals surface area (Å²) in [5, 5.41) is 0.472. The highest BCUT2D eigenvalue weighted by molar-refractivity contribution is 7.99. The molecule has 2 rings (SSSR count). The highest BCUT2D eigenvalue weighted by Crippen LogP contribution is 2.21. The predicted molar refractivity (Wildman–Crippen MR) is 72.2 cm³/mol. The number of fused-ring (bicyclic) bond motifs is 1. The summed E-state index contributed by atoms with van der Waals surface area (Å²) in [5.74, 6) is 0.881. The first-order chi connectivity index (χ1) is 8.15. The van der Waals surface area contributed by atoms with Gasteiger partial charge in [0, 0.05) is 17.9 Å². The number of aromatic nitrogens is 2. The van der Waals surface area contributed by atoms with E-state index in [0.29, 0.717) is 16.6 Å². The lowest BCUT2D eigenvalue weighted by Crippen LogP contribution is -2.11. The van der Waals surface area contributed by atoms with E-state index in [9.17, 15) is 4.39 Å². The van der Waals surface area contributed by atoms with Crippen molar-refractivity contribution in [3.05, 3.63) is 29.8 Å². The molecule has 0 fully saturated rings. The Morgan fingerprint density at radius 2 is 2.29 bits per heavy atom. The Labute approximate surface area is 109 Å². The van der Waals surface area contributed by atoms with E-state index in [0.717, 1.165) is 17.9 Å². The molecule has 0 radical (unpaired) electrons. The minimum absolute atomic E-state index is 0.263. The molecule has 0 bridgehead atoms. The minimum atomic E-state index is -0.263. The summed E-state index contributed by atoms with van der Waals surface area (Å²) in [4.78, 5) is 4.36. The van der Waals surface area contributed by atoms with Gasteiger partial charge in [-0.3, -0.25) is 0 Å². The predicted octanol–water partition coefficient (Wildman–Crippen LogP) is 3.67. The largest absolute Gasteiger partial charge is 0.326 e. The van der Waals surface area contributed by atoms with Crippen molar-refractivity contribution < 1.29 is 4.39 Å². The Kier molecular flexibility index (Phi) is 3.94. The summed E-state index contributed by atoms with van der Waals surface area (Å²) in [5.41, 5.74) is 1.62. The molecule has 0 spiro atoms. The van der Waals surface area contributed by atoms with Crippen LogP contribution in [0.25, 0.3) is 11.0 Å². The monoisotopic (exact) mass is 272 g/mol. The van der Waals surface area contributed by atoms with Crippen LogP contribution in [0.15, 0.2) is 18.2 Å². The van der Waals surface area contributed by atoms with Crippen LogP contribution in [0.1, 0.15) is 12.7 Å². The molecule has 5 heteroatoms. The molecule has 2 aromatic rings. The van der Waals surface area contributed by atoms with Gasteiger partial charge in [0.25, 0.3) is 0 Å². The van der Waals surface area contributed by atoms with Crippen LogP contribution < -0.4 is 0 Å². The van der Waals surface area contributed by atoms with E-state index < -0.39 is 0 Å². The zero-order valence-corrected chi connectivity index (χ0v) is 11.4. The van der Waals surface area contributed by atoms with Gasteiger partial charge in [-0.25, -0.2) is 9.37 Å². The van der Waals surface area contributed by atoms with Crippen LogP contribution in [0.5, 0.6) is 0 Å². The number of imidazole rings is 1. The second-order valence-corrected chi connectivity index (χ2v) is 5.50. The van der Waals surface area contributed by atoms with Crippen LogP contribution in [-0.2, 0) is 12.4 Å². The fraction of sp³-hybridized carbons (Fsp3) is 0.417. The molecule has 1 aromatic carbocycles. The smallest absolute Gasteiger partial charge is 0.125 e. The first-order valence-electron chi connectivity index (χ1n) is 5.39. The first kappa shape index (κ1) is 12.7. The van der Waals surface area contributed by atoms with Gasteiger partial charge in [0.15, 0.2) is 0 Å². The second-order valence-electron chi connectivity index (χ2n) is 3.95. The summed E-state index contributed by atoms with van der Waals surface area (Å²) in [6, 6.07) is 4.68. The Morgan fingerprint density at radius 3 is 2.94 bits per heavy atom. The van der Waals surface area contributed by atoms with Crippen molar-refractivity contribution in [3.8, 4) is 0 Å². The van der Waals surface area contributed by atoms with E-state index in [4.69, 9.17) is 11.6 Å². The summed E-state index contributed by atoms with van der Waals surface area (Å²) < 4.78 is 15.2. The normalized spacial score (nSPS) is 13.2. The van der Waals surface area contributed by atoms with Gasteiger partial charge in [-0.15, -0.1) is 11.6 Å². The summed E-state index contributed by atoms with van der Waals surface area (Å²) in [6.45, 7) is 2.99. The van der Waals surface area contributed by atoms with Crippen LogP contribution in [0, 0.1) is 5.82 Å². The maximum atomic E-state index is 13.1. The van der Waals surface area contributed by atoms with E-state index in [1.54, 1.807) is 17.8 Å². The Hall–Kier alpha value is -0.740. The van der Waals surface area contributed by atoms with Crippen LogP contribution >= 0.6 is 23.4 Å². The maximum absolute atomic E-state index is 13.1. The minimum Gasteiger partial charge on any atom is -0.326 e. The van der Waals surface area contributed by atoms with Gasteiger partial charge < -0.3 is 4.57 Å². The first-order valence-corrected chi connectivity index (χ1v) is 7.21. The van der Waals surface area contributed by atoms with Crippen LogP contribution in [-0.4, -0.2) is 21.1 Å². The van der Waals surface area contributed by atoms with E-state index in [1.807, 2.05) is 0 Å². The molecule has 1 atom stereocenters. The Morgan fingerprint density at radius 1 is 1.53 bits per heavy atom. The van der Waals surface area contributed by atoms with Crippen molar-refractivity contribution in [2.24, 2.45) is 0 Å². The van der Waals surface area contributed by atoms with Gasteiger partial charge in [0.05, 0.1) is 16.9 Å². The number of thioether (sulfide) groups is 1. The SMILES string of the molecule is CSC(C)Cn1c(CCl)nc2cc(F)ccc21. The van der Waals surface area contributed by atoms with E-state index in [-0.39, 0.29) is 5.82 Å². The second kappa shape index (κ2) is 5.27. The molecule has 92 valence electrons. The number of rotatable bonds is 4. The van der Waals surface area contributed by atoms with Crippen molar-refractivity contribution in [2.45, 2.75) is 24.6 Å². The zero-order chi connectivity index (χ0) is 12.4. The number of halogens is 2. The lowest BCUT2D eigenvalue weighted by molar-refractivity contribution is 0.629. The van der Waals surface area contributed by atoms with Gasteiger partial charge >= 0.3 is 0 Å². The molecular weight excluding hydrogens is 259 g/mol. The highest BCUT2D eigenvalue weighted by atomic mass is 35.5. The van der Waals surface area contributed by atoms with Crippen molar-refractivity contribution in [1.82, 2.24) is 9.55 Å². The highest BCUT2D eigenvalue weighted by Gasteiger charge is 2.12. The van der Waals surface area contributed by atoms with Crippen molar-refractivity contribution in [2.75, 3.05) is 6.26 Å². The van der Waals surface area contributed by atoms with Gasteiger partial charge in [-0.05, 0) is 18.4 Å². The summed E-state index contributed by atoms with van der Waals surface area (Å²) in [6.07, 6.45) is 2.07. The number of hydrogen-bond donors (Lipinski definition) is 0. The molecule has 1 heterocycles. The quantitative estimate of drug-likeness (QED) is 0.791. The van der Waals surface area contributed by atoms with Crippen LogP contribution in [0.4, 0.5) is 4.39 Å². The number of hydrogen-bond acceptors (Lipinski definition) is 2. The Balaban J connectivity index is 2.50. The lowest BCUT2D eigenvalue weighted by atomic mass is 10.3. The summed E-state index contributed by atoms with van der Waals surface area (Å²) >= 11 is 7.67. The fourth-order valence-corrected chi connectivity index (χ4v) is 2.29. The average molecular weight is 273 g/mol. The van der Waals surface area contributed by atoms with Crippen LogP contribution in [0.2, 0.25) is 0 Å². The molecule has 0 amide bonds. The maximum Gasteiger partial charge on any atom is 0.125 e. The Bertz CT molecular complexity index is 526. The third kappa shape index (κ3) is 2.58. The third-order valence-electron chi connectivity index (χ3n) is 2.75. The van der Waals surface area contributed by atoms with Gasteiger partial charge in [-0.2, -0.15) is 11.8 Å². The molecule has 17 heavy (non-hydrogen) atoms. The number of alkyl halides is 1. The number of benzene rings is 1. The van der Waals surface area contributed by atoms with Crippen LogP contribution in [0.3, 0.4) is 0 Å². The third-order valence-corrected chi connectivity index (χ3v) is 3.94. The summed E-state index contributed by atoms with van der Waals surface area (Å²) in [7, 11) is 0. The molecule has 1 unspecified atom stereocenters. The zero-order valence-electron chi connectivity index (χ0n) is 9.78. The number of nitrogens with zero attached hydrogens (tertiary/aromatic N) is 2. The molecule has 1 aromatic heterocycles. The molecule has 0 aliphatic carbocycles. The average Bonchev–Trinajstić information content (AvgIpc) is 2.66. The van der Waals surface area contributed by atoms with Crippen molar-refractivity contribution in [3.63, 3.8) is 0 Å². The standard InChI is InChI=1S/C12H14ClFN2S/c1-8(17-2)7-16-11-4-3-9(14)5-10(11)15-12(16)6-13/h3-5,8H,6-7H2,1-2H3.